The van der Waals surface area contributed by atoms with Gasteiger partial charge in [0.1, 0.15) is 23.6 Å². The standard InChI is InChI=1S/C20H28F2N6O/c1-11(27(3)24)20-25-17-8-28(9-18(17)26(20)2)13-7-16(23)19(29-10-13)14-6-12(21)4-5-15(14)22/h4-6,11,13,16,19H,7-10,23-24H2,1-3H3/t11?,13-,16+,19-/m1/s1. The van der Waals surface area contributed by atoms with E-state index in [2.05, 4.69) is 9.47 Å². The molecule has 4 rings (SSSR count). The van der Waals surface area contributed by atoms with E-state index in [4.69, 9.17) is 21.3 Å². The number of nitrogens with zero attached hydrogens (tertiary/aromatic N) is 4. The number of nitrogens with two attached hydrogens (primary N) is 2. The molecule has 2 aliphatic heterocycles. The summed E-state index contributed by atoms with van der Waals surface area (Å²) in [6, 6.07) is 3.10. The van der Waals surface area contributed by atoms with Gasteiger partial charge in [-0.2, -0.15) is 0 Å². The van der Waals surface area contributed by atoms with Crippen LogP contribution < -0.4 is 11.6 Å². The number of fused-ring (bicyclic) bond motifs is 1. The van der Waals surface area contributed by atoms with Crippen molar-refractivity contribution in [3.63, 3.8) is 0 Å². The molecule has 29 heavy (non-hydrogen) atoms. The molecule has 0 radical (unpaired) electrons. The van der Waals surface area contributed by atoms with Crippen LogP contribution in [0.5, 0.6) is 0 Å². The zero-order valence-electron chi connectivity index (χ0n) is 17.0. The molecular weight excluding hydrogens is 378 g/mol. The van der Waals surface area contributed by atoms with Crippen molar-refractivity contribution in [3.05, 3.63) is 52.6 Å². The molecule has 1 fully saturated rings. The van der Waals surface area contributed by atoms with Gasteiger partial charge in [0.05, 0.1) is 24.0 Å². The van der Waals surface area contributed by atoms with Gasteiger partial charge in [0.25, 0.3) is 0 Å². The lowest BCUT2D eigenvalue weighted by Gasteiger charge is -2.38. The summed E-state index contributed by atoms with van der Waals surface area (Å²) < 4.78 is 35.7. The Morgan fingerprint density at radius 1 is 1.31 bits per heavy atom. The lowest BCUT2D eigenvalue weighted by molar-refractivity contribution is -0.0535. The van der Waals surface area contributed by atoms with Gasteiger partial charge in [-0.05, 0) is 31.5 Å². The first-order valence-electron chi connectivity index (χ1n) is 9.84. The van der Waals surface area contributed by atoms with Gasteiger partial charge in [0.15, 0.2) is 0 Å². The first kappa shape index (κ1) is 20.4. The van der Waals surface area contributed by atoms with Gasteiger partial charge < -0.3 is 15.0 Å². The molecule has 4 N–H and O–H groups in total. The molecule has 2 aliphatic rings. The second-order valence-corrected chi connectivity index (χ2v) is 8.14. The summed E-state index contributed by atoms with van der Waals surface area (Å²) >= 11 is 0. The second-order valence-electron chi connectivity index (χ2n) is 8.14. The molecule has 0 spiro atoms. The van der Waals surface area contributed by atoms with Gasteiger partial charge in [-0.15, -0.1) is 0 Å². The largest absolute Gasteiger partial charge is 0.370 e. The predicted molar refractivity (Wildman–Crippen MR) is 104 cm³/mol. The Labute approximate surface area is 169 Å². The first-order chi connectivity index (χ1) is 13.8. The van der Waals surface area contributed by atoms with Gasteiger partial charge in [0.2, 0.25) is 0 Å². The molecule has 7 nitrogen and oxygen atoms in total. The molecule has 9 heteroatoms. The van der Waals surface area contributed by atoms with Crippen LogP contribution in [0.2, 0.25) is 0 Å². The van der Waals surface area contributed by atoms with E-state index in [1.54, 1.807) is 5.01 Å². The maximum absolute atomic E-state index is 14.1. The average Bonchev–Trinajstić information content (AvgIpc) is 3.23. The van der Waals surface area contributed by atoms with Crippen LogP contribution in [0.15, 0.2) is 18.2 Å². The van der Waals surface area contributed by atoms with E-state index in [0.29, 0.717) is 19.6 Å². The molecule has 0 aliphatic carbocycles. The van der Waals surface area contributed by atoms with Crippen LogP contribution in [-0.2, 0) is 24.9 Å². The van der Waals surface area contributed by atoms with Crippen LogP contribution in [0.1, 0.15) is 48.3 Å². The third kappa shape index (κ3) is 3.69. The molecule has 0 saturated carbocycles. The van der Waals surface area contributed by atoms with E-state index in [1.165, 1.54) is 11.8 Å². The Morgan fingerprint density at radius 2 is 2.07 bits per heavy atom. The highest BCUT2D eigenvalue weighted by atomic mass is 19.1. The number of hydrazine groups is 1. The summed E-state index contributed by atoms with van der Waals surface area (Å²) in [6.07, 6.45) is 0.00115. The number of hydrogen-bond acceptors (Lipinski definition) is 6. The van der Waals surface area contributed by atoms with Crippen LogP contribution in [0.4, 0.5) is 8.78 Å². The van der Waals surface area contributed by atoms with E-state index in [0.717, 1.165) is 30.2 Å². The van der Waals surface area contributed by atoms with Crippen molar-refractivity contribution in [1.29, 1.82) is 0 Å². The highest BCUT2D eigenvalue weighted by Gasteiger charge is 2.38. The number of ether oxygens (including phenoxy) is 1. The minimum Gasteiger partial charge on any atom is -0.370 e. The Hall–Kier alpha value is -1.91. The number of benzene rings is 1. The lowest BCUT2D eigenvalue weighted by atomic mass is 9.93. The molecule has 3 heterocycles. The van der Waals surface area contributed by atoms with Crippen LogP contribution in [0.25, 0.3) is 0 Å². The molecule has 1 aromatic heterocycles. The van der Waals surface area contributed by atoms with Crippen molar-refractivity contribution < 1.29 is 13.5 Å². The summed E-state index contributed by atoms with van der Waals surface area (Å²) in [4.78, 5) is 7.08. The summed E-state index contributed by atoms with van der Waals surface area (Å²) in [6.45, 7) is 3.90. The van der Waals surface area contributed by atoms with Gasteiger partial charge in [0, 0.05) is 44.8 Å². The smallest absolute Gasteiger partial charge is 0.129 e. The van der Waals surface area contributed by atoms with Crippen molar-refractivity contribution in [3.8, 4) is 0 Å². The predicted octanol–water partition coefficient (Wildman–Crippen LogP) is 1.74. The van der Waals surface area contributed by atoms with Crippen molar-refractivity contribution in [2.24, 2.45) is 18.6 Å². The zero-order chi connectivity index (χ0) is 20.9. The molecule has 2 aromatic rings. The third-order valence-electron chi connectivity index (χ3n) is 6.20. The fourth-order valence-electron chi connectivity index (χ4n) is 4.34. The maximum atomic E-state index is 14.1. The Morgan fingerprint density at radius 3 is 2.72 bits per heavy atom. The van der Waals surface area contributed by atoms with Crippen LogP contribution in [0, 0.1) is 11.6 Å². The van der Waals surface area contributed by atoms with Gasteiger partial charge in [-0.3, -0.25) is 10.7 Å². The van der Waals surface area contributed by atoms with Crippen molar-refractivity contribution in [2.75, 3.05) is 13.7 Å². The average molecular weight is 406 g/mol. The normalized spacial score (nSPS) is 26.1. The lowest BCUT2D eigenvalue weighted by Crippen LogP contribution is -2.48. The summed E-state index contributed by atoms with van der Waals surface area (Å²) in [5, 5.41) is 1.65. The molecule has 1 saturated heterocycles. The Balaban J connectivity index is 1.44. The number of aromatic nitrogens is 2. The molecular formula is C20H28F2N6O. The minimum atomic E-state index is -0.641. The molecule has 0 amide bonds. The van der Waals surface area contributed by atoms with Gasteiger partial charge >= 0.3 is 0 Å². The highest BCUT2D eigenvalue weighted by Crippen LogP contribution is 2.34. The van der Waals surface area contributed by atoms with E-state index in [9.17, 15) is 8.78 Å². The second kappa shape index (κ2) is 7.73. The van der Waals surface area contributed by atoms with E-state index < -0.39 is 23.8 Å². The first-order valence-corrected chi connectivity index (χ1v) is 9.84. The number of imidazole rings is 1. The minimum absolute atomic E-state index is 0.0207. The number of rotatable bonds is 4. The number of halogens is 2. The van der Waals surface area contributed by atoms with Crippen LogP contribution in [-0.4, -0.2) is 45.2 Å². The van der Waals surface area contributed by atoms with Crippen LogP contribution in [0.3, 0.4) is 0 Å². The van der Waals surface area contributed by atoms with Crippen molar-refractivity contribution >= 4 is 0 Å². The van der Waals surface area contributed by atoms with Crippen molar-refractivity contribution in [2.45, 2.75) is 50.7 Å². The quantitative estimate of drug-likeness (QED) is 0.594. The molecule has 0 bridgehead atoms. The van der Waals surface area contributed by atoms with Gasteiger partial charge in [-0.1, -0.05) is 0 Å². The molecule has 158 valence electrons. The fourth-order valence-corrected chi connectivity index (χ4v) is 4.34. The third-order valence-corrected chi connectivity index (χ3v) is 6.20. The molecule has 1 aromatic carbocycles. The highest BCUT2D eigenvalue weighted by molar-refractivity contribution is 5.25. The summed E-state index contributed by atoms with van der Waals surface area (Å²) in [5.74, 6) is 5.84. The Kier molecular flexibility index (Phi) is 5.43. The number of hydrogen-bond donors (Lipinski definition) is 2. The van der Waals surface area contributed by atoms with E-state index in [-0.39, 0.29) is 17.6 Å². The fraction of sp³-hybridized carbons (Fsp3) is 0.550. The maximum Gasteiger partial charge on any atom is 0.129 e. The SMILES string of the molecule is CC(c1nc2c(n1C)CN([C@H]1CO[C@H](c3cc(F)ccc3F)[C@@H](N)C1)C2)N(C)N. The summed E-state index contributed by atoms with van der Waals surface area (Å²) in [7, 11) is 3.84. The topological polar surface area (TPSA) is 85.6 Å². The zero-order valence-corrected chi connectivity index (χ0v) is 17.0. The Bertz CT molecular complexity index is 901. The van der Waals surface area contributed by atoms with E-state index in [1.807, 2.05) is 21.0 Å². The summed E-state index contributed by atoms with van der Waals surface area (Å²) in [5.41, 5.74) is 8.71. The van der Waals surface area contributed by atoms with E-state index >= 15 is 0 Å². The van der Waals surface area contributed by atoms with Gasteiger partial charge in [-0.25, -0.2) is 18.8 Å². The molecule has 1 unspecified atom stereocenters. The van der Waals surface area contributed by atoms with Crippen molar-refractivity contribution in [1.82, 2.24) is 19.5 Å². The monoisotopic (exact) mass is 406 g/mol. The van der Waals surface area contributed by atoms with Crippen LogP contribution >= 0.6 is 0 Å². The molecule has 4 atom stereocenters.